The number of nitriles is 1. The molecule has 3 aliphatic rings. The van der Waals surface area contributed by atoms with Gasteiger partial charge in [0.2, 0.25) is 0 Å². The highest BCUT2D eigenvalue weighted by Crippen LogP contribution is 2.58. The lowest BCUT2D eigenvalue weighted by Crippen LogP contribution is -2.63. The zero-order valence-electron chi connectivity index (χ0n) is 18.5. The van der Waals surface area contributed by atoms with Crippen molar-refractivity contribution in [2.24, 2.45) is 5.92 Å². The molecule has 0 atom stereocenters. The van der Waals surface area contributed by atoms with E-state index in [0.717, 1.165) is 39.6 Å². The van der Waals surface area contributed by atoms with Crippen LogP contribution >= 0.6 is 0 Å². The fourth-order valence-corrected chi connectivity index (χ4v) is 5.03. The van der Waals surface area contributed by atoms with E-state index in [2.05, 4.69) is 33.1 Å². The number of hydrogen-bond donors (Lipinski definition) is 3. The molecule has 0 spiro atoms. The normalized spacial score (nSPS) is 19.9. The maximum atomic E-state index is 13.0. The molecule has 2 bridgehead atoms. The highest BCUT2D eigenvalue weighted by molar-refractivity contribution is 6.05. The van der Waals surface area contributed by atoms with Gasteiger partial charge in [-0.15, -0.1) is 0 Å². The highest BCUT2D eigenvalue weighted by atomic mass is 16.1. The summed E-state index contributed by atoms with van der Waals surface area (Å²) in [4.78, 5) is 17.4. The molecule has 3 aliphatic carbocycles. The molecule has 3 fully saturated rings. The summed E-state index contributed by atoms with van der Waals surface area (Å²) in [5.74, 6) is 0.743. The summed E-state index contributed by atoms with van der Waals surface area (Å²) in [7, 11) is 0. The molecule has 166 valence electrons. The standard InChI is InChI=1S/C28H23N5O/c29-17-18-7-8-25-24(11-18)26(9-10-30-25)31-21-4-1-3-20(12-21)27(34)32-22-5-2-6-23(13-22)33-28-14-19(15-28)16-28/h1-13,19,33H,14-16H2,(H,30,31)(H,32,34). The number of benzene rings is 3. The smallest absolute Gasteiger partial charge is 0.255 e. The van der Waals surface area contributed by atoms with Gasteiger partial charge in [-0.05, 0) is 85.8 Å². The van der Waals surface area contributed by atoms with E-state index in [-0.39, 0.29) is 5.91 Å². The van der Waals surface area contributed by atoms with E-state index >= 15 is 0 Å². The summed E-state index contributed by atoms with van der Waals surface area (Å²) in [5, 5.41) is 20.1. The number of carbonyl (C=O) groups is 1. The van der Waals surface area contributed by atoms with Gasteiger partial charge in [0.25, 0.3) is 5.91 Å². The lowest BCUT2D eigenvalue weighted by molar-refractivity contribution is 0.00214. The summed E-state index contributed by atoms with van der Waals surface area (Å²) >= 11 is 0. The van der Waals surface area contributed by atoms with Gasteiger partial charge in [-0.3, -0.25) is 9.78 Å². The Morgan fingerprint density at radius 2 is 1.74 bits per heavy atom. The Hall–Kier alpha value is -4.37. The molecule has 34 heavy (non-hydrogen) atoms. The third-order valence-electron chi connectivity index (χ3n) is 6.84. The Balaban J connectivity index is 1.19. The second-order valence-corrected chi connectivity index (χ2v) is 9.33. The predicted molar refractivity (Wildman–Crippen MR) is 134 cm³/mol. The molecular weight excluding hydrogens is 422 g/mol. The van der Waals surface area contributed by atoms with Gasteiger partial charge in [0.15, 0.2) is 0 Å². The van der Waals surface area contributed by atoms with E-state index in [1.165, 1.54) is 19.3 Å². The van der Waals surface area contributed by atoms with Crippen molar-refractivity contribution < 1.29 is 4.79 Å². The molecule has 6 heteroatoms. The van der Waals surface area contributed by atoms with Gasteiger partial charge in [0, 0.05) is 45.4 Å². The molecule has 3 saturated carbocycles. The van der Waals surface area contributed by atoms with Gasteiger partial charge in [-0.25, -0.2) is 0 Å². The molecule has 3 N–H and O–H groups in total. The minimum Gasteiger partial charge on any atom is -0.380 e. The van der Waals surface area contributed by atoms with Crippen LogP contribution in [0.25, 0.3) is 10.9 Å². The van der Waals surface area contributed by atoms with Gasteiger partial charge < -0.3 is 16.0 Å². The Bertz CT molecular complexity index is 1450. The topological polar surface area (TPSA) is 89.8 Å². The third kappa shape index (κ3) is 3.71. The summed E-state index contributed by atoms with van der Waals surface area (Å²) in [6.45, 7) is 0. The van der Waals surface area contributed by atoms with Crippen LogP contribution in [0.4, 0.5) is 22.7 Å². The van der Waals surface area contributed by atoms with Crippen molar-refractivity contribution >= 4 is 39.6 Å². The second-order valence-electron chi connectivity index (χ2n) is 9.33. The van der Waals surface area contributed by atoms with E-state index in [1.54, 1.807) is 18.3 Å². The molecule has 1 amide bonds. The van der Waals surface area contributed by atoms with Crippen molar-refractivity contribution in [3.8, 4) is 6.07 Å². The van der Waals surface area contributed by atoms with E-state index in [4.69, 9.17) is 0 Å². The number of hydrogen-bond acceptors (Lipinski definition) is 5. The Morgan fingerprint density at radius 1 is 0.941 bits per heavy atom. The lowest BCUT2D eigenvalue weighted by atomic mass is 9.50. The molecule has 0 saturated heterocycles. The van der Waals surface area contributed by atoms with Crippen molar-refractivity contribution in [3.05, 3.63) is 90.1 Å². The molecule has 0 radical (unpaired) electrons. The van der Waals surface area contributed by atoms with Crippen LogP contribution in [0.15, 0.2) is 79.0 Å². The van der Waals surface area contributed by atoms with Gasteiger partial charge in [-0.1, -0.05) is 12.1 Å². The Labute approximate surface area is 197 Å². The number of nitrogens with one attached hydrogen (secondary N) is 3. The molecule has 3 aromatic carbocycles. The minimum atomic E-state index is -0.169. The predicted octanol–water partition coefficient (Wildman–Crippen LogP) is 6.07. The quantitative estimate of drug-likeness (QED) is 0.335. The fourth-order valence-electron chi connectivity index (χ4n) is 5.03. The maximum Gasteiger partial charge on any atom is 0.255 e. The first-order valence-corrected chi connectivity index (χ1v) is 11.4. The van der Waals surface area contributed by atoms with Gasteiger partial charge in [0.1, 0.15) is 0 Å². The van der Waals surface area contributed by atoms with Crippen molar-refractivity contribution in [1.82, 2.24) is 4.98 Å². The average molecular weight is 446 g/mol. The SMILES string of the molecule is N#Cc1ccc2nccc(Nc3cccc(C(=O)Nc4cccc(NC56CC(C5)C6)c4)c3)c2c1. The first kappa shape index (κ1) is 20.3. The zero-order chi connectivity index (χ0) is 23.1. The second kappa shape index (κ2) is 7.89. The van der Waals surface area contributed by atoms with Gasteiger partial charge in [-0.2, -0.15) is 5.26 Å². The molecule has 0 unspecified atom stereocenters. The number of fused-ring (bicyclic) bond motifs is 1. The van der Waals surface area contributed by atoms with E-state index in [1.807, 2.05) is 54.6 Å². The van der Waals surface area contributed by atoms with Crippen LogP contribution in [-0.2, 0) is 0 Å². The van der Waals surface area contributed by atoms with Crippen molar-refractivity contribution in [3.63, 3.8) is 0 Å². The number of aromatic nitrogens is 1. The fraction of sp³-hybridized carbons (Fsp3) is 0.179. The van der Waals surface area contributed by atoms with Crippen LogP contribution in [0, 0.1) is 17.2 Å². The van der Waals surface area contributed by atoms with Crippen molar-refractivity contribution in [2.45, 2.75) is 24.8 Å². The summed E-state index contributed by atoms with van der Waals surface area (Å²) in [6.07, 6.45) is 5.50. The summed E-state index contributed by atoms with van der Waals surface area (Å²) in [5.41, 5.74) is 5.63. The van der Waals surface area contributed by atoms with Crippen LogP contribution in [0.1, 0.15) is 35.2 Å². The number of nitrogens with zero attached hydrogens (tertiary/aromatic N) is 2. The number of carbonyl (C=O) groups excluding carboxylic acids is 1. The molecule has 0 aliphatic heterocycles. The molecule has 1 heterocycles. The van der Waals surface area contributed by atoms with E-state index in [9.17, 15) is 10.1 Å². The van der Waals surface area contributed by atoms with Gasteiger partial charge >= 0.3 is 0 Å². The number of amides is 1. The molecule has 1 aromatic heterocycles. The summed E-state index contributed by atoms with van der Waals surface area (Å²) < 4.78 is 0. The lowest BCUT2D eigenvalue weighted by Gasteiger charge is -2.62. The van der Waals surface area contributed by atoms with Crippen LogP contribution in [0.2, 0.25) is 0 Å². The number of rotatable bonds is 6. The zero-order valence-corrected chi connectivity index (χ0v) is 18.5. The van der Waals surface area contributed by atoms with E-state index in [0.29, 0.717) is 16.7 Å². The van der Waals surface area contributed by atoms with Crippen LogP contribution in [0.5, 0.6) is 0 Å². The van der Waals surface area contributed by atoms with Crippen LogP contribution in [-0.4, -0.2) is 16.4 Å². The van der Waals surface area contributed by atoms with Crippen LogP contribution in [0.3, 0.4) is 0 Å². The Morgan fingerprint density at radius 3 is 2.53 bits per heavy atom. The van der Waals surface area contributed by atoms with Crippen molar-refractivity contribution in [2.75, 3.05) is 16.0 Å². The number of anilines is 4. The third-order valence-corrected chi connectivity index (χ3v) is 6.84. The molecule has 6 nitrogen and oxygen atoms in total. The summed E-state index contributed by atoms with van der Waals surface area (Å²) in [6, 6.07) is 24.7. The first-order valence-electron chi connectivity index (χ1n) is 11.4. The van der Waals surface area contributed by atoms with E-state index < -0.39 is 0 Å². The Kier molecular flexibility index (Phi) is 4.70. The minimum absolute atomic E-state index is 0.169. The van der Waals surface area contributed by atoms with Gasteiger partial charge in [0.05, 0.1) is 17.1 Å². The monoisotopic (exact) mass is 445 g/mol. The molecular formula is C28H23N5O. The average Bonchev–Trinajstić information content (AvgIpc) is 2.81. The highest BCUT2D eigenvalue weighted by Gasteiger charge is 2.56. The number of pyridine rings is 1. The first-order chi connectivity index (χ1) is 16.6. The van der Waals surface area contributed by atoms with Crippen molar-refractivity contribution in [1.29, 1.82) is 5.26 Å². The molecule has 7 rings (SSSR count). The molecule has 4 aromatic rings. The largest absolute Gasteiger partial charge is 0.380 e. The van der Waals surface area contributed by atoms with Crippen LogP contribution < -0.4 is 16.0 Å². The maximum absolute atomic E-state index is 13.0.